The summed E-state index contributed by atoms with van der Waals surface area (Å²) in [7, 11) is 0. The number of rotatable bonds is 4. The molecule has 0 amide bonds. The van der Waals surface area contributed by atoms with Crippen molar-refractivity contribution >= 4 is 57.2 Å². The number of carbonyl (C=O) groups excluding carboxylic acids is 2. The Kier molecular flexibility index (Phi) is 4.45. The highest BCUT2D eigenvalue weighted by atomic mass is 16.4. The van der Waals surface area contributed by atoms with Gasteiger partial charge >= 0.3 is 0 Å². The third-order valence-electron chi connectivity index (χ3n) is 6.18. The number of nitrogens with one attached hydrogen (secondary N) is 2. The van der Waals surface area contributed by atoms with Gasteiger partial charge in [-0.3, -0.25) is 19.2 Å². The third-order valence-corrected chi connectivity index (χ3v) is 6.18. The van der Waals surface area contributed by atoms with E-state index in [-0.39, 0.29) is 56.0 Å². The van der Waals surface area contributed by atoms with Crippen molar-refractivity contribution in [1.82, 2.24) is 29.5 Å². The highest BCUT2D eigenvalue weighted by molar-refractivity contribution is 5.98. The van der Waals surface area contributed by atoms with Gasteiger partial charge in [0.15, 0.2) is 24.0 Å². The third kappa shape index (κ3) is 2.91. The van der Waals surface area contributed by atoms with E-state index in [9.17, 15) is 19.2 Å². The fourth-order valence-electron chi connectivity index (χ4n) is 4.44. The van der Waals surface area contributed by atoms with Crippen molar-refractivity contribution in [3.63, 3.8) is 0 Å². The Balaban J connectivity index is 1.61. The molecule has 0 saturated heterocycles. The number of para-hydroxylation sites is 2. The minimum atomic E-state index is -0.698. The van der Waals surface area contributed by atoms with Crippen molar-refractivity contribution < 1.29 is 18.4 Å². The maximum absolute atomic E-state index is 13.6. The molecule has 2 N–H and O–H groups in total. The van der Waals surface area contributed by atoms with Gasteiger partial charge in [-0.2, -0.15) is 19.6 Å². The van der Waals surface area contributed by atoms with Crippen molar-refractivity contribution in [1.29, 1.82) is 0 Å². The number of aromatic amines is 2. The molecule has 0 fully saturated rings. The summed E-state index contributed by atoms with van der Waals surface area (Å²) in [5, 5.41) is 8.54. The van der Waals surface area contributed by atoms with Crippen LogP contribution in [0.1, 0.15) is 21.0 Å². The Morgan fingerprint density at radius 3 is 1.37 bits per heavy atom. The van der Waals surface area contributed by atoms with Gasteiger partial charge in [-0.05, 0) is 24.3 Å². The molecule has 7 aromatic rings. The lowest BCUT2D eigenvalue weighted by molar-refractivity contribution is 0.111. The van der Waals surface area contributed by atoms with Gasteiger partial charge in [-0.25, -0.2) is 0 Å². The Bertz CT molecular complexity index is 2050. The van der Waals surface area contributed by atoms with Crippen LogP contribution in [0.15, 0.2) is 79.1 Å². The predicted octanol–water partition coefficient (Wildman–Crippen LogP) is 3.42. The average molecular weight is 506 g/mol. The number of hydrogen-bond acceptors (Lipinski definition) is 8. The number of fused-ring (bicyclic) bond motifs is 4. The van der Waals surface area contributed by atoms with Crippen molar-refractivity contribution in [2.24, 2.45) is 0 Å². The molecule has 184 valence electrons. The first kappa shape index (κ1) is 21.5. The topological polar surface area (TPSA) is 162 Å². The van der Waals surface area contributed by atoms with Crippen LogP contribution in [0, 0.1) is 0 Å². The number of carbonyl (C=O) groups is 2. The first-order valence-corrected chi connectivity index (χ1v) is 11.3. The molecule has 0 bridgehead atoms. The first-order chi connectivity index (χ1) is 18.6. The van der Waals surface area contributed by atoms with Gasteiger partial charge < -0.3 is 18.8 Å². The van der Waals surface area contributed by atoms with E-state index < -0.39 is 10.9 Å². The molecule has 7 rings (SSSR count). The summed E-state index contributed by atoms with van der Waals surface area (Å²) in [5.74, 6) is 0. The Morgan fingerprint density at radius 2 is 1.00 bits per heavy atom. The molecule has 0 atom stereocenters. The van der Waals surface area contributed by atoms with Gasteiger partial charge in [0.05, 0.1) is 11.4 Å². The number of hydrogen-bond donors (Lipinski definition) is 2. The summed E-state index contributed by atoms with van der Waals surface area (Å²) >= 11 is 0. The molecule has 0 aliphatic heterocycles. The van der Waals surface area contributed by atoms with E-state index in [1.807, 2.05) is 12.1 Å². The maximum Gasteiger partial charge on any atom is 0.250 e. The van der Waals surface area contributed by atoms with Crippen molar-refractivity contribution in [3.8, 4) is 11.4 Å². The molecule has 3 aromatic carbocycles. The van der Waals surface area contributed by atoms with Crippen molar-refractivity contribution in [2.45, 2.75) is 0 Å². The largest absolute Gasteiger partial charge is 0.430 e. The average Bonchev–Trinajstić information content (AvgIpc) is 3.53. The zero-order valence-corrected chi connectivity index (χ0v) is 19.2. The standard InChI is InChI=1S/C26H14N6O6/c33-11-15-17-25(31(29-15)13-7-3-1-4-8-13)37-23-19(27-17)22(36)24-20(21(23)35)28-18-16(12-34)30-32(26(18)38-24)14-9-5-2-6-10-14/h1-12,27-28H. The smallest absolute Gasteiger partial charge is 0.250 e. The van der Waals surface area contributed by atoms with Gasteiger partial charge in [-0.15, -0.1) is 0 Å². The summed E-state index contributed by atoms with van der Waals surface area (Å²) < 4.78 is 14.6. The van der Waals surface area contributed by atoms with Crippen LogP contribution in [0.25, 0.3) is 56.0 Å². The second kappa shape index (κ2) is 7.86. The van der Waals surface area contributed by atoms with Crippen molar-refractivity contribution in [3.05, 3.63) is 92.5 Å². The SMILES string of the molecule is O=Cc1nn(-c2ccccc2)c2oc3c(=O)c4[nH]c5c(C=O)nn(-c6ccccc6)c5oc4c(=O)c3[nH]c12. The zero-order valence-electron chi connectivity index (χ0n) is 19.2. The lowest BCUT2D eigenvalue weighted by Crippen LogP contribution is -2.16. The van der Waals surface area contributed by atoms with Crippen LogP contribution in [0.2, 0.25) is 0 Å². The number of aldehydes is 2. The van der Waals surface area contributed by atoms with Crippen LogP contribution < -0.4 is 10.9 Å². The summed E-state index contributed by atoms with van der Waals surface area (Å²) in [5.41, 5.74) is -0.914. The van der Waals surface area contributed by atoms with E-state index in [4.69, 9.17) is 8.83 Å². The van der Waals surface area contributed by atoms with Crippen LogP contribution in [-0.4, -0.2) is 42.1 Å². The molecule has 0 saturated carbocycles. The maximum atomic E-state index is 13.6. The lowest BCUT2D eigenvalue weighted by atomic mass is 10.2. The monoisotopic (exact) mass is 506 g/mol. The molecular formula is C26H14N6O6. The van der Waals surface area contributed by atoms with Crippen LogP contribution >= 0.6 is 0 Å². The van der Waals surface area contributed by atoms with E-state index in [1.165, 1.54) is 9.36 Å². The minimum Gasteiger partial charge on any atom is -0.430 e. The van der Waals surface area contributed by atoms with Crippen LogP contribution in [0.3, 0.4) is 0 Å². The van der Waals surface area contributed by atoms with E-state index in [2.05, 4.69) is 20.2 Å². The summed E-state index contributed by atoms with van der Waals surface area (Å²) in [6.07, 6.45) is 1.04. The fraction of sp³-hybridized carbons (Fsp3) is 0. The molecule has 0 unspecified atom stereocenters. The molecule has 0 aliphatic rings. The normalized spacial score (nSPS) is 11.6. The van der Waals surface area contributed by atoms with Gasteiger partial charge in [-0.1, -0.05) is 36.4 Å². The minimum absolute atomic E-state index is 0.0156. The second-order valence-corrected chi connectivity index (χ2v) is 8.38. The van der Waals surface area contributed by atoms with E-state index in [0.717, 1.165) is 0 Å². The summed E-state index contributed by atoms with van der Waals surface area (Å²) in [6.45, 7) is 0. The van der Waals surface area contributed by atoms with Gasteiger partial charge in [0.2, 0.25) is 22.6 Å². The number of benzene rings is 3. The molecule has 0 aliphatic carbocycles. The second-order valence-electron chi connectivity index (χ2n) is 8.38. The van der Waals surface area contributed by atoms with E-state index >= 15 is 0 Å². The summed E-state index contributed by atoms with van der Waals surface area (Å²) in [6, 6.07) is 17.7. The number of H-pyrrole nitrogens is 2. The highest BCUT2D eigenvalue weighted by Gasteiger charge is 2.24. The Hall–Kier alpha value is -5.78. The zero-order chi connectivity index (χ0) is 26.0. The van der Waals surface area contributed by atoms with Crippen LogP contribution in [0.4, 0.5) is 0 Å². The molecular weight excluding hydrogens is 492 g/mol. The molecule has 12 heteroatoms. The van der Waals surface area contributed by atoms with Crippen molar-refractivity contribution in [2.75, 3.05) is 0 Å². The van der Waals surface area contributed by atoms with E-state index in [0.29, 0.717) is 23.9 Å². The highest BCUT2D eigenvalue weighted by Crippen LogP contribution is 2.26. The molecule has 12 nitrogen and oxygen atoms in total. The molecule has 38 heavy (non-hydrogen) atoms. The number of aromatic nitrogens is 6. The van der Waals surface area contributed by atoms with Gasteiger partial charge in [0.1, 0.15) is 22.1 Å². The Labute approximate surface area is 209 Å². The molecule has 4 aromatic heterocycles. The number of nitrogens with zero attached hydrogens (tertiary/aromatic N) is 4. The predicted molar refractivity (Wildman–Crippen MR) is 136 cm³/mol. The lowest BCUT2D eigenvalue weighted by Gasteiger charge is -2.05. The van der Waals surface area contributed by atoms with Crippen LogP contribution in [-0.2, 0) is 0 Å². The summed E-state index contributed by atoms with van der Waals surface area (Å²) in [4.78, 5) is 56.4. The molecule has 4 heterocycles. The van der Waals surface area contributed by atoms with Crippen LogP contribution in [0.5, 0.6) is 0 Å². The molecule has 0 radical (unpaired) electrons. The fourth-order valence-corrected chi connectivity index (χ4v) is 4.44. The quantitative estimate of drug-likeness (QED) is 0.271. The first-order valence-electron chi connectivity index (χ1n) is 11.3. The van der Waals surface area contributed by atoms with E-state index in [1.54, 1.807) is 48.5 Å². The van der Waals surface area contributed by atoms with Gasteiger partial charge in [0, 0.05) is 0 Å². The van der Waals surface area contributed by atoms with Gasteiger partial charge in [0.25, 0.3) is 10.9 Å². The Morgan fingerprint density at radius 1 is 0.605 bits per heavy atom. The molecule has 0 spiro atoms.